The highest BCUT2D eigenvalue weighted by atomic mass is 79.9. The third kappa shape index (κ3) is 6.68. The summed E-state index contributed by atoms with van der Waals surface area (Å²) in [7, 11) is 3.37. The van der Waals surface area contributed by atoms with Gasteiger partial charge >= 0.3 is 0 Å². The second kappa shape index (κ2) is 12.7. The zero-order valence-electron chi connectivity index (χ0n) is 22.9. The van der Waals surface area contributed by atoms with Gasteiger partial charge in [-0.3, -0.25) is 9.59 Å². The number of halogens is 1. The average Bonchev–Trinajstić information content (AvgIpc) is 3.59. The van der Waals surface area contributed by atoms with E-state index in [4.69, 9.17) is 9.84 Å². The third-order valence-corrected chi connectivity index (χ3v) is 8.33. The summed E-state index contributed by atoms with van der Waals surface area (Å²) in [5.74, 6) is 0.957. The number of aromatic nitrogens is 3. The van der Waals surface area contributed by atoms with Gasteiger partial charge in [-0.25, -0.2) is 5.01 Å². The minimum Gasteiger partial charge on any atom is -0.497 e. The molecule has 1 aliphatic rings. The number of carbonyl (C=O) groups is 2. The molecule has 0 saturated heterocycles. The molecule has 3 aromatic carbocycles. The van der Waals surface area contributed by atoms with Gasteiger partial charge in [-0.05, 0) is 48.4 Å². The second-order valence-electron chi connectivity index (χ2n) is 9.58. The molecule has 1 N–H and O–H groups in total. The van der Waals surface area contributed by atoms with Gasteiger partial charge in [0.05, 0.1) is 31.2 Å². The normalized spacial score (nSPS) is 14.6. The van der Waals surface area contributed by atoms with Gasteiger partial charge < -0.3 is 14.6 Å². The minimum absolute atomic E-state index is 0.122. The van der Waals surface area contributed by atoms with Crippen LogP contribution in [0.2, 0.25) is 0 Å². The molecule has 0 spiro atoms. The Bertz CT molecular complexity index is 1590. The predicted octanol–water partition coefficient (Wildman–Crippen LogP) is 5.29. The number of benzene rings is 3. The highest BCUT2D eigenvalue weighted by Crippen LogP contribution is 2.34. The molecular formula is C30H29BrN6O3S. The molecule has 1 atom stereocenters. The first-order valence-corrected chi connectivity index (χ1v) is 14.8. The van der Waals surface area contributed by atoms with Gasteiger partial charge in [0.1, 0.15) is 5.75 Å². The van der Waals surface area contributed by atoms with E-state index in [1.165, 1.54) is 11.8 Å². The van der Waals surface area contributed by atoms with Crippen LogP contribution in [-0.4, -0.2) is 50.2 Å². The van der Waals surface area contributed by atoms with Crippen LogP contribution in [0.25, 0.3) is 0 Å². The first-order chi connectivity index (χ1) is 19.8. The monoisotopic (exact) mass is 632 g/mol. The number of hydrogen-bond acceptors (Lipinski definition) is 7. The van der Waals surface area contributed by atoms with E-state index in [1.807, 2.05) is 38.2 Å². The smallest absolute Gasteiger partial charge is 0.253 e. The fourth-order valence-electron chi connectivity index (χ4n) is 4.45. The predicted molar refractivity (Wildman–Crippen MR) is 162 cm³/mol. The molecular weight excluding hydrogens is 604 g/mol. The number of methoxy groups -OCH3 is 1. The molecule has 2 heterocycles. The van der Waals surface area contributed by atoms with Crippen molar-refractivity contribution < 1.29 is 14.3 Å². The zero-order chi connectivity index (χ0) is 28.9. The van der Waals surface area contributed by atoms with Crippen molar-refractivity contribution in [1.29, 1.82) is 0 Å². The average molecular weight is 634 g/mol. The summed E-state index contributed by atoms with van der Waals surface area (Å²) in [5.41, 5.74) is 4.55. The molecule has 9 nitrogen and oxygen atoms in total. The summed E-state index contributed by atoms with van der Waals surface area (Å²) in [4.78, 5) is 26.1. The highest BCUT2D eigenvalue weighted by Gasteiger charge is 2.33. The zero-order valence-corrected chi connectivity index (χ0v) is 25.3. The SMILES string of the molecule is COc1cccc(C(=O)NCc2nnc(SCC(=O)N3N=C(c4ccc(Br)cc4)CC3c3ccc(C)cc3)n2C)c1. The molecule has 1 aliphatic heterocycles. The van der Waals surface area contributed by atoms with Crippen LogP contribution in [0.15, 0.2) is 87.5 Å². The highest BCUT2D eigenvalue weighted by molar-refractivity contribution is 9.10. The van der Waals surface area contributed by atoms with Crippen LogP contribution in [0, 0.1) is 6.92 Å². The van der Waals surface area contributed by atoms with E-state index >= 15 is 0 Å². The number of carbonyl (C=O) groups excluding carboxylic acids is 2. The van der Waals surface area contributed by atoms with E-state index in [2.05, 4.69) is 55.7 Å². The van der Waals surface area contributed by atoms with E-state index in [0.29, 0.717) is 28.7 Å². The molecule has 0 radical (unpaired) electrons. The topological polar surface area (TPSA) is 102 Å². The van der Waals surface area contributed by atoms with Crippen molar-refractivity contribution in [1.82, 2.24) is 25.1 Å². The lowest BCUT2D eigenvalue weighted by Crippen LogP contribution is -2.28. The number of thioether (sulfide) groups is 1. The van der Waals surface area contributed by atoms with Crippen LogP contribution < -0.4 is 10.1 Å². The number of nitrogens with zero attached hydrogens (tertiary/aromatic N) is 5. The Morgan fingerprint density at radius 2 is 1.83 bits per heavy atom. The van der Waals surface area contributed by atoms with Crippen molar-refractivity contribution in [3.63, 3.8) is 0 Å². The molecule has 0 saturated carbocycles. The number of nitrogens with one attached hydrogen (secondary N) is 1. The number of hydrogen-bond donors (Lipinski definition) is 1. The van der Waals surface area contributed by atoms with Gasteiger partial charge in [0.2, 0.25) is 0 Å². The molecule has 4 aromatic rings. The summed E-state index contributed by atoms with van der Waals surface area (Å²) < 4.78 is 7.96. The summed E-state index contributed by atoms with van der Waals surface area (Å²) in [6.45, 7) is 2.23. The van der Waals surface area contributed by atoms with Crippen molar-refractivity contribution in [2.45, 2.75) is 31.1 Å². The summed E-state index contributed by atoms with van der Waals surface area (Å²) in [5, 5.41) is 18.3. The Morgan fingerprint density at radius 3 is 2.56 bits per heavy atom. The van der Waals surface area contributed by atoms with Crippen LogP contribution >= 0.6 is 27.7 Å². The first-order valence-electron chi connectivity index (χ1n) is 13.0. The van der Waals surface area contributed by atoms with E-state index in [-0.39, 0.29) is 30.2 Å². The number of rotatable bonds is 9. The fraction of sp³-hybridized carbons (Fsp3) is 0.233. The molecule has 0 bridgehead atoms. The molecule has 1 unspecified atom stereocenters. The molecule has 210 valence electrons. The van der Waals surface area contributed by atoms with Gasteiger partial charge in [0.25, 0.3) is 11.8 Å². The van der Waals surface area contributed by atoms with Gasteiger partial charge in [-0.15, -0.1) is 10.2 Å². The summed E-state index contributed by atoms with van der Waals surface area (Å²) in [6.07, 6.45) is 0.627. The van der Waals surface area contributed by atoms with Gasteiger partial charge in [-0.2, -0.15) is 5.10 Å². The lowest BCUT2D eigenvalue weighted by molar-refractivity contribution is -0.130. The van der Waals surface area contributed by atoms with Crippen molar-refractivity contribution >= 4 is 45.2 Å². The number of amides is 2. The maximum Gasteiger partial charge on any atom is 0.253 e. The Morgan fingerprint density at radius 1 is 1.07 bits per heavy atom. The quantitative estimate of drug-likeness (QED) is 0.251. The Balaban J connectivity index is 1.26. The third-order valence-electron chi connectivity index (χ3n) is 6.79. The van der Waals surface area contributed by atoms with Crippen LogP contribution in [0.3, 0.4) is 0 Å². The first kappa shape index (κ1) is 28.6. The largest absolute Gasteiger partial charge is 0.497 e. The standard InChI is InChI=1S/C30H29BrN6O3S/c1-19-7-9-21(10-8-19)26-16-25(20-11-13-23(31)14-12-20)35-37(26)28(38)18-41-30-34-33-27(36(30)2)17-32-29(39)22-5-4-6-24(15-22)40-3/h4-15,26H,16-18H2,1-3H3,(H,32,39). The molecule has 2 amide bonds. The van der Waals surface area contributed by atoms with Crippen LogP contribution in [0.4, 0.5) is 0 Å². The maximum atomic E-state index is 13.5. The second-order valence-corrected chi connectivity index (χ2v) is 11.4. The van der Waals surface area contributed by atoms with Crippen LogP contribution in [0.1, 0.15) is 45.3 Å². The Hall–Kier alpha value is -3.96. The Kier molecular flexibility index (Phi) is 8.84. The number of hydrazone groups is 1. The maximum absolute atomic E-state index is 13.5. The molecule has 5 rings (SSSR count). The minimum atomic E-state index is -0.244. The summed E-state index contributed by atoms with van der Waals surface area (Å²) >= 11 is 4.77. The van der Waals surface area contributed by atoms with Crippen molar-refractivity contribution in [3.05, 3.63) is 105 Å². The molecule has 1 aromatic heterocycles. The Labute approximate surface area is 251 Å². The molecule has 11 heteroatoms. The molecule has 41 heavy (non-hydrogen) atoms. The number of ether oxygens (including phenoxy) is 1. The van der Waals surface area contributed by atoms with E-state index in [0.717, 1.165) is 26.9 Å². The van der Waals surface area contributed by atoms with Crippen LogP contribution in [0.5, 0.6) is 5.75 Å². The molecule has 0 fully saturated rings. The lowest BCUT2D eigenvalue weighted by atomic mass is 9.98. The van der Waals surface area contributed by atoms with E-state index < -0.39 is 0 Å². The van der Waals surface area contributed by atoms with Gasteiger partial charge in [-0.1, -0.05) is 75.7 Å². The van der Waals surface area contributed by atoms with Gasteiger partial charge in [0.15, 0.2) is 11.0 Å². The summed E-state index contributed by atoms with van der Waals surface area (Å²) in [6, 6.07) is 22.9. The van der Waals surface area contributed by atoms with Gasteiger partial charge in [0, 0.05) is 23.5 Å². The number of aryl methyl sites for hydroxylation is 1. The van der Waals surface area contributed by atoms with E-state index in [1.54, 1.807) is 41.0 Å². The van der Waals surface area contributed by atoms with Crippen molar-refractivity contribution in [2.24, 2.45) is 12.1 Å². The van der Waals surface area contributed by atoms with E-state index in [9.17, 15) is 9.59 Å². The van der Waals surface area contributed by atoms with Crippen molar-refractivity contribution in [3.8, 4) is 5.75 Å². The van der Waals surface area contributed by atoms with Crippen molar-refractivity contribution in [2.75, 3.05) is 12.9 Å². The molecule has 0 aliphatic carbocycles. The fourth-order valence-corrected chi connectivity index (χ4v) is 5.49. The lowest BCUT2D eigenvalue weighted by Gasteiger charge is -2.22. The van der Waals surface area contributed by atoms with Crippen LogP contribution in [-0.2, 0) is 18.4 Å².